The zero-order chi connectivity index (χ0) is 15.1. The third kappa shape index (κ3) is 5.27. The zero-order valence-corrected chi connectivity index (χ0v) is 14.1. The van der Waals surface area contributed by atoms with Crippen molar-refractivity contribution in [1.29, 1.82) is 0 Å². The van der Waals surface area contributed by atoms with Gasteiger partial charge in [-0.3, -0.25) is 4.79 Å². The number of hydrogen-bond acceptors (Lipinski definition) is 3. The highest BCUT2D eigenvalue weighted by Crippen LogP contribution is 2.24. The number of carbonyl (C=O) groups is 1. The van der Waals surface area contributed by atoms with Gasteiger partial charge in [0.2, 0.25) is 5.91 Å². The van der Waals surface area contributed by atoms with Crippen LogP contribution in [0, 0.1) is 0 Å². The van der Waals surface area contributed by atoms with E-state index in [1.807, 2.05) is 23.1 Å². The number of halogens is 1. The molecular formula is C17H27ClN2O2. The van der Waals surface area contributed by atoms with Crippen LogP contribution in [0.15, 0.2) is 30.3 Å². The van der Waals surface area contributed by atoms with E-state index < -0.39 is 6.04 Å². The molecule has 1 aliphatic carbocycles. The molecule has 0 heterocycles. The molecule has 22 heavy (non-hydrogen) atoms. The number of nitrogens with zero attached hydrogens (tertiary/aromatic N) is 1. The molecule has 5 heteroatoms. The number of methoxy groups -OCH3 is 1. The number of nitrogens with two attached hydrogens (primary N) is 1. The Balaban J connectivity index is 0.00000242. The molecule has 1 aromatic rings. The van der Waals surface area contributed by atoms with E-state index in [4.69, 9.17) is 10.5 Å². The third-order valence-electron chi connectivity index (χ3n) is 4.16. The third-order valence-corrected chi connectivity index (χ3v) is 4.16. The maximum Gasteiger partial charge on any atom is 0.242 e. The lowest BCUT2D eigenvalue weighted by atomic mass is 9.93. The summed E-state index contributed by atoms with van der Waals surface area (Å²) >= 11 is 0. The number of rotatable bonds is 6. The van der Waals surface area contributed by atoms with Crippen LogP contribution in [-0.2, 0) is 16.1 Å². The maximum absolute atomic E-state index is 12.7. The first-order valence-corrected chi connectivity index (χ1v) is 7.81. The van der Waals surface area contributed by atoms with Crippen molar-refractivity contribution in [3.05, 3.63) is 35.9 Å². The molecule has 1 aromatic carbocycles. The molecule has 0 radical (unpaired) electrons. The van der Waals surface area contributed by atoms with E-state index in [1.54, 1.807) is 7.11 Å². The van der Waals surface area contributed by atoms with Crippen LogP contribution >= 0.6 is 12.4 Å². The number of hydrogen-bond donors (Lipinski definition) is 1. The standard InChI is InChI=1S/C17H26N2O2.ClH/c1-21-13-16(18)17(20)19(15-10-6-3-7-11-15)12-14-8-4-2-5-9-14;/h2,4-5,8-9,15-16H,3,6-7,10-13,18H2,1H3;1H. The van der Waals surface area contributed by atoms with Gasteiger partial charge in [-0.25, -0.2) is 0 Å². The van der Waals surface area contributed by atoms with Gasteiger partial charge < -0.3 is 15.4 Å². The van der Waals surface area contributed by atoms with Crippen molar-refractivity contribution in [2.75, 3.05) is 13.7 Å². The largest absolute Gasteiger partial charge is 0.383 e. The second-order valence-electron chi connectivity index (χ2n) is 5.81. The van der Waals surface area contributed by atoms with E-state index in [0.717, 1.165) is 18.4 Å². The van der Waals surface area contributed by atoms with Crippen LogP contribution in [0.3, 0.4) is 0 Å². The minimum Gasteiger partial charge on any atom is -0.383 e. The lowest BCUT2D eigenvalue weighted by Crippen LogP contribution is -2.50. The number of benzene rings is 1. The highest BCUT2D eigenvalue weighted by Gasteiger charge is 2.28. The SMILES string of the molecule is COCC(N)C(=O)N(Cc1ccccc1)C1CCCCC1.Cl. The van der Waals surface area contributed by atoms with Crippen molar-refractivity contribution in [1.82, 2.24) is 4.90 Å². The van der Waals surface area contributed by atoms with E-state index >= 15 is 0 Å². The molecule has 1 saturated carbocycles. The summed E-state index contributed by atoms with van der Waals surface area (Å²) in [5.74, 6) is 0.00704. The monoisotopic (exact) mass is 326 g/mol. The van der Waals surface area contributed by atoms with Gasteiger partial charge in [0, 0.05) is 19.7 Å². The molecular weight excluding hydrogens is 300 g/mol. The molecule has 4 nitrogen and oxygen atoms in total. The average Bonchev–Trinajstić information content (AvgIpc) is 2.54. The smallest absolute Gasteiger partial charge is 0.242 e. The van der Waals surface area contributed by atoms with Crippen molar-refractivity contribution < 1.29 is 9.53 Å². The first-order valence-electron chi connectivity index (χ1n) is 7.81. The summed E-state index contributed by atoms with van der Waals surface area (Å²) in [4.78, 5) is 14.6. The van der Waals surface area contributed by atoms with Crippen LogP contribution in [0.2, 0.25) is 0 Å². The van der Waals surface area contributed by atoms with Gasteiger partial charge in [-0.2, -0.15) is 0 Å². The van der Waals surface area contributed by atoms with Crippen LogP contribution in [-0.4, -0.2) is 36.6 Å². The molecule has 1 fully saturated rings. The van der Waals surface area contributed by atoms with E-state index in [2.05, 4.69) is 12.1 Å². The van der Waals surface area contributed by atoms with E-state index in [1.165, 1.54) is 19.3 Å². The molecule has 1 unspecified atom stereocenters. The van der Waals surface area contributed by atoms with Gasteiger partial charge in [-0.1, -0.05) is 49.6 Å². The second-order valence-corrected chi connectivity index (χ2v) is 5.81. The first kappa shape index (κ1) is 18.9. The Labute approximate surface area is 139 Å². The minimum atomic E-state index is -0.569. The molecule has 0 saturated heterocycles. The minimum absolute atomic E-state index is 0. The molecule has 124 valence electrons. The van der Waals surface area contributed by atoms with Gasteiger partial charge in [0.05, 0.1) is 6.61 Å². The highest BCUT2D eigenvalue weighted by molar-refractivity contribution is 5.85. The zero-order valence-electron chi connectivity index (χ0n) is 13.2. The van der Waals surface area contributed by atoms with Gasteiger partial charge in [0.1, 0.15) is 6.04 Å². The Hall–Kier alpha value is -1.10. The van der Waals surface area contributed by atoms with Crippen LogP contribution in [0.1, 0.15) is 37.7 Å². The van der Waals surface area contributed by atoms with Crippen LogP contribution in [0.4, 0.5) is 0 Å². The van der Waals surface area contributed by atoms with E-state index in [-0.39, 0.29) is 24.9 Å². The van der Waals surface area contributed by atoms with Crippen molar-refractivity contribution in [3.63, 3.8) is 0 Å². The highest BCUT2D eigenvalue weighted by atomic mass is 35.5. The Morgan fingerprint density at radius 3 is 2.50 bits per heavy atom. The summed E-state index contributed by atoms with van der Waals surface area (Å²) < 4.78 is 5.04. The van der Waals surface area contributed by atoms with Crippen molar-refractivity contribution >= 4 is 18.3 Å². The fraction of sp³-hybridized carbons (Fsp3) is 0.588. The first-order chi connectivity index (χ1) is 10.2. The van der Waals surface area contributed by atoms with Gasteiger partial charge in [-0.05, 0) is 18.4 Å². The summed E-state index contributed by atoms with van der Waals surface area (Å²) in [6.07, 6.45) is 5.83. The van der Waals surface area contributed by atoms with Crippen LogP contribution in [0.5, 0.6) is 0 Å². The number of amides is 1. The molecule has 0 aromatic heterocycles. The predicted octanol–water partition coefficient (Wildman–Crippen LogP) is 2.74. The summed E-state index contributed by atoms with van der Waals surface area (Å²) in [5, 5.41) is 0. The Kier molecular flexibility index (Phi) is 8.46. The molecule has 1 atom stereocenters. The van der Waals surface area contributed by atoms with Crippen molar-refractivity contribution in [2.45, 2.75) is 50.7 Å². The molecule has 2 N–H and O–H groups in total. The Bertz CT molecular complexity index is 436. The molecule has 2 rings (SSSR count). The maximum atomic E-state index is 12.7. The van der Waals surface area contributed by atoms with Crippen LogP contribution < -0.4 is 5.73 Å². The lowest BCUT2D eigenvalue weighted by Gasteiger charge is -2.36. The summed E-state index contributed by atoms with van der Waals surface area (Å²) in [5.41, 5.74) is 7.13. The van der Waals surface area contributed by atoms with Crippen molar-refractivity contribution in [2.24, 2.45) is 5.73 Å². The topological polar surface area (TPSA) is 55.6 Å². The average molecular weight is 327 g/mol. The lowest BCUT2D eigenvalue weighted by molar-refractivity contribution is -0.137. The number of ether oxygens (including phenoxy) is 1. The molecule has 1 aliphatic rings. The summed E-state index contributed by atoms with van der Waals surface area (Å²) in [6.45, 7) is 0.915. The fourth-order valence-electron chi connectivity index (χ4n) is 3.02. The summed E-state index contributed by atoms with van der Waals surface area (Å²) in [7, 11) is 1.58. The quantitative estimate of drug-likeness (QED) is 0.874. The Morgan fingerprint density at radius 1 is 1.27 bits per heavy atom. The van der Waals surface area contributed by atoms with Gasteiger partial charge >= 0.3 is 0 Å². The fourth-order valence-corrected chi connectivity index (χ4v) is 3.02. The Morgan fingerprint density at radius 2 is 1.91 bits per heavy atom. The normalized spacial score (nSPS) is 16.6. The molecule has 0 spiro atoms. The van der Waals surface area contributed by atoms with Crippen molar-refractivity contribution in [3.8, 4) is 0 Å². The molecule has 1 amide bonds. The molecule has 0 aliphatic heterocycles. The van der Waals surface area contributed by atoms with Crippen LogP contribution in [0.25, 0.3) is 0 Å². The van der Waals surface area contributed by atoms with E-state index in [0.29, 0.717) is 12.6 Å². The van der Waals surface area contributed by atoms with Gasteiger partial charge in [0.25, 0.3) is 0 Å². The predicted molar refractivity (Wildman–Crippen MR) is 91.0 cm³/mol. The van der Waals surface area contributed by atoms with Gasteiger partial charge in [0.15, 0.2) is 0 Å². The summed E-state index contributed by atoms with van der Waals surface area (Å²) in [6, 6.07) is 9.88. The van der Waals surface area contributed by atoms with E-state index in [9.17, 15) is 4.79 Å². The van der Waals surface area contributed by atoms with Gasteiger partial charge in [-0.15, -0.1) is 12.4 Å². The molecule has 0 bridgehead atoms. The number of carbonyl (C=O) groups excluding carboxylic acids is 1. The second kappa shape index (κ2) is 9.82.